The summed E-state index contributed by atoms with van der Waals surface area (Å²) in [5.41, 5.74) is 8.84. The number of hydrogen-bond acceptors (Lipinski definition) is 2. The third-order valence-electron chi connectivity index (χ3n) is 4.31. The smallest absolute Gasteiger partial charge is 0.0865 e. The Balaban J connectivity index is 3.04. The monoisotopic (exact) mass is 263 g/mol. The Hall–Kier alpha value is -0.860. The first-order valence-electron chi connectivity index (χ1n) is 7.22. The molecule has 0 amide bonds. The number of nitrogens with two attached hydrogens (primary N) is 1. The van der Waals surface area contributed by atoms with Crippen LogP contribution < -0.4 is 5.73 Å². The van der Waals surface area contributed by atoms with Crippen LogP contribution >= 0.6 is 0 Å². The molecule has 1 aromatic carbocycles. The lowest BCUT2D eigenvalue weighted by Gasteiger charge is -2.36. The summed E-state index contributed by atoms with van der Waals surface area (Å²) in [6, 6.07) is 8.57. The van der Waals surface area contributed by atoms with Crippen molar-refractivity contribution in [3.05, 3.63) is 35.4 Å². The van der Waals surface area contributed by atoms with Crippen molar-refractivity contribution in [2.75, 3.05) is 7.11 Å². The van der Waals surface area contributed by atoms with Gasteiger partial charge in [-0.2, -0.15) is 0 Å². The lowest BCUT2D eigenvalue weighted by atomic mass is 9.82. The maximum Gasteiger partial charge on any atom is 0.0865 e. The Labute approximate surface area is 118 Å². The molecule has 0 heterocycles. The van der Waals surface area contributed by atoms with Gasteiger partial charge in [-0.1, -0.05) is 58.9 Å². The Morgan fingerprint density at radius 3 is 1.84 bits per heavy atom. The third-order valence-corrected chi connectivity index (χ3v) is 4.31. The van der Waals surface area contributed by atoms with Crippen LogP contribution in [0.5, 0.6) is 0 Å². The van der Waals surface area contributed by atoms with Gasteiger partial charge in [-0.05, 0) is 29.4 Å². The molecule has 0 saturated carbocycles. The molecule has 0 aliphatic carbocycles. The molecule has 0 saturated heterocycles. The number of hydrogen-bond donors (Lipinski definition) is 1. The third kappa shape index (κ3) is 3.37. The van der Waals surface area contributed by atoms with Gasteiger partial charge >= 0.3 is 0 Å². The molecule has 1 aromatic rings. The molecule has 2 nitrogen and oxygen atoms in total. The largest absolute Gasteiger partial charge is 0.376 e. The zero-order valence-electron chi connectivity index (χ0n) is 13.3. The zero-order chi connectivity index (χ0) is 14.7. The molecule has 0 aliphatic rings. The van der Waals surface area contributed by atoms with Crippen LogP contribution in [0, 0.1) is 0 Å². The number of methoxy groups -OCH3 is 1. The fourth-order valence-corrected chi connectivity index (χ4v) is 2.60. The lowest BCUT2D eigenvalue weighted by molar-refractivity contribution is -0.0385. The van der Waals surface area contributed by atoms with Crippen molar-refractivity contribution in [3.8, 4) is 0 Å². The predicted molar refractivity (Wildman–Crippen MR) is 82.4 cm³/mol. The fraction of sp³-hybridized carbons (Fsp3) is 0.647. The van der Waals surface area contributed by atoms with Gasteiger partial charge in [-0.3, -0.25) is 0 Å². The van der Waals surface area contributed by atoms with Crippen molar-refractivity contribution in [2.45, 2.75) is 64.5 Å². The van der Waals surface area contributed by atoms with E-state index in [1.807, 2.05) is 0 Å². The zero-order valence-corrected chi connectivity index (χ0v) is 13.3. The fourth-order valence-electron chi connectivity index (χ4n) is 2.60. The molecule has 19 heavy (non-hydrogen) atoms. The van der Waals surface area contributed by atoms with E-state index in [1.54, 1.807) is 7.11 Å². The summed E-state index contributed by atoms with van der Waals surface area (Å²) in [5.74, 6) is 0. The number of benzene rings is 1. The quantitative estimate of drug-likeness (QED) is 0.864. The van der Waals surface area contributed by atoms with E-state index >= 15 is 0 Å². The van der Waals surface area contributed by atoms with Crippen LogP contribution in [0.25, 0.3) is 0 Å². The average molecular weight is 263 g/mol. The Bertz CT molecular complexity index is 376. The molecule has 108 valence electrons. The maximum atomic E-state index is 6.44. The Morgan fingerprint density at radius 2 is 1.53 bits per heavy atom. The first kappa shape index (κ1) is 16.2. The predicted octanol–water partition coefficient (Wildman–Crippen LogP) is 4.19. The molecule has 2 N–H and O–H groups in total. The van der Waals surface area contributed by atoms with Crippen molar-refractivity contribution in [3.63, 3.8) is 0 Å². The van der Waals surface area contributed by atoms with E-state index in [0.29, 0.717) is 0 Å². The van der Waals surface area contributed by atoms with Crippen molar-refractivity contribution >= 4 is 0 Å². The lowest BCUT2D eigenvalue weighted by Crippen LogP contribution is -2.42. The van der Waals surface area contributed by atoms with Crippen molar-refractivity contribution < 1.29 is 4.74 Å². The second-order valence-electron chi connectivity index (χ2n) is 6.33. The van der Waals surface area contributed by atoms with Gasteiger partial charge in [-0.25, -0.2) is 0 Å². The highest BCUT2D eigenvalue weighted by atomic mass is 16.5. The van der Waals surface area contributed by atoms with Crippen molar-refractivity contribution in [2.24, 2.45) is 5.73 Å². The Kier molecular flexibility index (Phi) is 5.17. The van der Waals surface area contributed by atoms with E-state index in [2.05, 4.69) is 58.9 Å². The molecular formula is C17H29NO. The SMILES string of the molecule is CCC(CC)(OC)C(N)c1ccc(C(C)(C)C)cc1. The molecule has 0 spiro atoms. The summed E-state index contributed by atoms with van der Waals surface area (Å²) in [7, 11) is 1.76. The van der Waals surface area contributed by atoms with Crippen LogP contribution in [0.15, 0.2) is 24.3 Å². The molecule has 1 unspecified atom stereocenters. The van der Waals surface area contributed by atoms with Crippen LogP contribution in [0.2, 0.25) is 0 Å². The van der Waals surface area contributed by atoms with Gasteiger partial charge in [0.2, 0.25) is 0 Å². The number of rotatable bonds is 5. The van der Waals surface area contributed by atoms with Crippen molar-refractivity contribution in [1.29, 1.82) is 0 Å². The van der Waals surface area contributed by atoms with Crippen LogP contribution in [0.1, 0.15) is 64.6 Å². The second-order valence-corrected chi connectivity index (χ2v) is 6.33. The summed E-state index contributed by atoms with van der Waals surface area (Å²) in [6.07, 6.45) is 1.84. The highest BCUT2D eigenvalue weighted by Crippen LogP contribution is 2.34. The molecule has 0 fully saturated rings. The maximum absolute atomic E-state index is 6.44. The summed E-state index contributed by atoms with van der Waals surface area (Å²) < 4.78 is 5.72. The summed E-state index contributed by atoms with van der Waals surface area (Å²) in [6.45, 7) is 10.9. The van der Waals surface area contributed by atoms with Crippen molar-refractivity contribution in [1.82, 2.24) is 0 Å². The minimum Gasteiger partial charge on any atom is -0.376 e. The molecule has 1 atom stereocenters. The van der Waals surface area contributed by atoms with Gasteiger partial charge in [-0.15, -0.1) is 0 Å². The molecule has 0 radical (unpaired) electrons. The second kappa shape index (κ2) is 6.06. The summed E-state index contributed by atoms with van der Waals surface area (Å²) in [5, 5.41) is 0. The van der Waals surface area contributed by atoms with Gasteiger partial charge in [0.1, 0.15) is 0 Å². The van der Waals surface area contributed by atoms with Crippen LogP contribution in [0.4, 0.5) is 0 Å². The summed E-state index contributed by atoms with van der Waals surface area (Å²) in [4.78, 5) is 0. The first-order valence-corrected chi connectivity index (χ1v) is 7.22. The van der Waals surface area contributed by atoms with Crippen LogP contribution in [-0.2, 0) is 10.2 Å². The highest BCUT2D eigenvalue weighted by molar-refractivity contribution is 5.30. The van der Waals surface area contributed by atoms with Gasteiger partial charge < -0.3 is 10.5 Å². The molecular weight excluding hydrogens is 234 g/mol. The van der Waals surface area contributed by atoms with E-state index in [1.165, 1.54) is 5.56 Å². The van der Waals surface area contributed by atoms with Gasteiger partial charge in [0.05, 0.1) is 11.6 Å². The van der Waals surface area contributed by atoms with Crippen LogP contribution in [0.3, 0.4) is 0 Å². The standard InChI is InChI=1S/C17H29NO/c1-7-17(8-2,19-6)15(18)13-9-11-14(12-10-13)16(3,4)5/h9-12,15H,7-8,18H2,1-6H3. The highest BCUT2D eigenvalue weighted by Gasteiger charge is 2.34. The van der Waals surface area contributed by atoms with Gasteiger partial charge in [0.25, 0.3) is 0 Å². The molecule has 2 heteroatoms. The van der Waals surface area contributed by atoms with Crippen LogP contribution in [-0.4, -0.2) is 12.7 Å². The molecule has 0 aliphatic heterocycles. The molecule has 1 rings (SSSR count). The van der Waals surface area contributed by atoms with Gasteiger partial charge in [0, 0.05) is 7.11 Å². The van der Waals surface area contributed by atoms with Gasteiger partial charge in [0.15, 0.2) is 0 Å². The normalized spacial score (nSPS) is 14.5. The Morgan fingerprint density at radius 1 is 1.05 bits per heavy atom. The van der Waals surface area contributed by atoms with E-state index < -0.39 is 0 Å². The van der Waals surface area contributed by atoms with E-state index in [4.69, 9.17) is 10.5 Å². The molecule has 0 aromatic heterocycles. The van der Waals surface area contributed by atoms with E-state index in [9.17, 15) is 0 Å². The minimum atomic E-state index is -0.261. The minimum absolute atomic E-state index is 0.0819. The topological polar surface area (TPSA) is 35.2 Å². The number of ether oxygens (including phenoxy) is 1. The summed E-state index contributed by atoms with van der Waals surface area (Å²) >= 11 is 0. The first-order chi connectivity index (χ1) is 8.80. The molecule has 0 bridgehead atoms. The van der Waals surface area contributed by atoms with E-state index in [0.717, 1.165) is 18.4 Å². The van der Waals surface area contributed by atoms with E-state index in [-0.39, 0.29) is 17.1 Å². The average Bonchev–Trinajstić information content (AvgIpc) is 2.40.